The molecule has 2 amide bonds. The van der Waals surface area contributed by atoms with Crippen LogP contribution in [0, 0.1) is 5.82 Å². The predicted molar refractivity (Wildman–Crippen MR) is 92.5 cm³/mol. The molecule has 6 nitrogen and oxygen atoms in total. The van der Waals surface area contributed by atoms with Crippen LogP contribution in [0.2, 0.25) is 0 Å². The van der Waals surface area contributed by atoms with Gasteiger partial charge in [0.25, 0.3) is 11.8 Å². The fourth-order valence-corrected chi connectivity index (χ4v) is 2.08. The van der Waals surface area contributed by atoms with Crippen molar-refractivity contribution < 1.29 is 23.5 Å². The Labute approximate surface area is 151 Å². The van der Waals surface area contributed by atoms with E-state index in [0.717, 1.165) is 10.5 Å². The minimum atomic E-state index is -0.782. The highest BCUT2D eigenvalue weighted by Crippen LogP contribution is 2.13. The molecule has 2 rings (SSSR count). The molecule has 0 saturated heterocycles. The van der Waals surface area contributed by atoms with E-state index in [4.69, 9.17) is 4.74 Å². The number of hydrogen-bond acceptors (Lipinski definition) is 4. The molecule has 0 aliphatic carbocycles. The molecule has 0 heterocycles. The summed E-state index contributed by atoms with van der Waals surface area (Å²) in [5.74, 6) is -2.46. The van der Waals surface area contributed by atoms with Gasteiger partial charge in [0, 0.05) is 15.7 Å². The second-order valence-electron chi connectivity index (χ2n) is 4.91. The number of carbonyl (C=O) groups is 3. The van der Waals surface area contributed by atoms with Crippen molar-refractivity contribution in [1.82, 2.24) is 5.32 Å². The molecule has 0 fully saturated rings. The fraction of sp³-hybridized carbons (Fsp3) is 0.118. The first-order valence-electron chi connectivity index (χ1n) is 7.19. The maximum Gasteiger partial charge on any atom is 0.325 e. The Morgan fingerprint density at radius 1 is 1.08 bits per heavy atom. The van der Waals surface area contributed by atoms with Gasteiger partial charge in [-0.1, -0.05) is 22.0 Å². The Balaban J connectivity index is 1.72. The summed E-state index contributed by atoms with van der Waals surface area (Å²) in [7, 11) is 0. The number of hydrogen-bond donors (Lipinski definition) is 2. The number of esters is 1. The van der Waals surface area contributed by atoms with Crippen molar-refractivity contribution in [2.24, 2.45) is 0 Å². The minimum Gasteiger partial charge on any atom is -0.454 e. The van der Waals surface area contributed by atoms with Gasteiger partial charge in [0.1, 0.15) is 12.4 Å². The van der Waals surface area contributed by atoms with Gasteiger partial charge in [0.05, 0.1) is 0 Å². The summed E-state index contributed by atoms with van der Waals surface area (Å²) in [6.45, 7) is -0.911. The SMILES string of the molecule is O=C(COC(=O)CNC(=O)c1cccc(F)c1)Nc1ccc(Br)cc1. The van der Waals surface area contributed by atoms with Gasteiger partial charge in [0.15, 0.2) is 6.61 Å². The third kappa shape index (κ3) is 6.34. The Hall–Kier alpha value is -2.74. The minimum absolute atomic E-state index is 0.0841. The van der Waals surface area contributed by atoms with Gasteiger partial charge >= 0.3 is 5.97 Å². The van der Waals surface area contributed by atoms with Crippen molar-refractivity contribution >= 4 is 39.4 Å². The number of amides is 2. The van der Waals surface area contributed by atoms with Crippen molar-refractivity contribution in [2.75, 3.05) is 18.5 Å². The number of rotatable bonds is 6. The highest BCUT2D eigenvalue weighted by Gasteiger charge is 2.11. The lowest BCUT2D eigenvalue weighted by Gasteiger charge is -2.08. The molecule has 0 atom stereocenters. The number of benzene rings is 2. The molecule has 0 bridgehead atoms. The van der Waals surface area contributed by atoms with Crippen LogP contribution in [-0.2, 0) is 14.3 Å². The van der Waals surface area contributed by atoms with E-state index in [1.54, 1.807) is 24.3 Å². The van der Waals surface area contributed by atoms with Crippen molar-refractivity contribution in [3.8, 4) is 0 Å². The molecule has 0 aliphatic heterocycles. The summed E-state index contributed by atoms with van der Waals surface area (Å²) in [5, 5.41) is 4.84. The number of carbonyl (C=O) groups excluding carboxylic acids is 3. The second kappa shape index (κ2) is 8.93. The van der Waals surface area contributed by atoms with Crippen LogP contribution in [0.15, 0.2) is 53.0 Å². The Morgan fingerprint density at radius 3 is 2.48 bits per heavy atom. The van der Waals surface area contributed by atoms with E-state index in [2.05, 4.69) is 26.6 Å². The Kier molecular flexibility index (Phi) is 6.64. The topological polar surface area (TPSA) is 84.5 Å². The number of nitrogens with one attached hydrogen (secondary N) is 2. The van der Waals surface area contributed by atoms with Crippen LogP contribution in [0.25, 0.3) is 0 Å². The van der Waals surface area contributed by atoms with Crippen molar-refractivity contribution in [2.45, 2.75) is 0 Å². The van der Waals surface area contributed by atoms with Gasteiger partial charge in [-0.15, -0.1) is 0 Å². The summed E-state index contributed by atoms with van der Waals surface area (Å²) in [4.78, 5) is 35.0. The highest BCUT2D eigenvalue weighted by atomic mass is 79.9. The molecule has 0 spiro atoms. The molecule has 0 radical (unpaired) electrons. The molecule has 2 aromatic rings. The van der Waals surface area contributed by atoms with E-state index in [0.29, 0.717) is 5.69 Å². The smallest absolute Gasteiger partial charge is 0.325 e. The van der Waals surface area contributed by atoms with Crippen molar-refractivity contribution in [3.05, 3.63) is 64.4 Å². The van der Waals surface area contributed by atoms with Gasteiger partial charge < -0.3 is 15.4 Å². The van der Waals surface area contributed by atoms with Crippen LogP contribution >= 0.6 is 15.9 Å². The van der Waals surface area contributed by atoms with E-state index < -0.39 is 36.8 Å². The highest BCUT2D eigenvalue weighted by molar-refractivity contribution is 9.10. The molecule has 0 saturated carbocycles. The van der Waals surface area contributed by atoms with E-state index >= 15 is 0 Å². The molecule has 0 aromatic heterocycles. The zero-order valence-corrected chi connectivity index (χ0v) is 14.5. The number of anilines is 1. The lowest BCUT2D eigenvalue weighted by molar-refractivity contribution is -0.146. The van der Waals surface area contributed by atoms with Gasteiger partial charge in [-0.25, -0.2) is 4.39 Å². The molecular weight excluding hydrogens is 395 g/mol. The van der Waals surface area contributed by atoms with Gasteiger partial charge in [-0.3, -0.25) is 14.4 Å². The van der Waals surface area contributed by atoms with E-state index in [1.165, 1.54) is 18.2 Å². The maximum absolute atomic E-state index is 13.0. The van der Waals surface area contributed by atoms with E-state index in [-0.39, 0.29) is 5.56 Å². The molecule has 2 aromatic carbocycles. The summed E-state index contributed by atoms with van der Waals surface area (Å²) in [6, 6.07) is 11.9. The standard InChI is InChI=1S/C17H14BrFN2O4/c18-12-4-6-14(7-5-12)21-15(22)10-25-16(23)9-20-17(24)11-2-1-3-13(19)8-11/h1-8H,9-10H2,(H,20,24)(H,21,22). The molecule has 0 aliphatic rings. The van der Waals surface area contributed by atoms with Crippen molar-refractivity contribution in [1.29, 1.82) is 0 Å². The third-order valence-corrected chi connectivity index (χ3v) is 3.50. The first-order valence-corrected chi connectivity index (χ1v) is 7.98. The zero-order chi connectivity index (χ0) is 18.2. The Bertz CT molecular complexity index is 780. The van der Waals surface area contributed by atoms with Gasteiger partial charge in [-0.2, -0.15) is 0 Å². The molecular formula is C17H14BrFN2O4. The van der Waals surface area contributed by atoms with Crippen LogP contribution in [0.5, 0.6) is 0 Å². The zero-order valence-electron chi connectivity index (χ0n) is 12.9. The number of halogens is 2. The van der Waals surface area contributed by atoms with Crippen molar-refractivity contribution in [3.63, 3.8) is 0 Å². The molecule has 25 heavy (non-hydrogen) atoms. The van der Waals surface area contributed by atoms with E-state index in [9.17, 15) is 18.8 Å². The summed E-state index contributed by atoms with van der Waals surface area (Å²) >= 11 is 3.27. The fourth-order valence-electron chi connectivity index (χ4n) is 1.81. The van der Waals surface area contributed by atoms with Crippen LogP contribution in [0.4, 0.5) is 10.1 Å². The first-order chi connectivity index (χ1) is 11.9. The number of ether oxygens (including phenoxy) is 1. The van der Waals surface area contributed by atoms with Gasteiger partial charge in [0.2, 0.25) is 0 Å². The molecule has 2 N–H and O–H groups in total. The molecule has 0 unspecified atom stereocenters. The lowest BCUT2D eigenvalue weighted by atomic mass is 10.2. The van der Waals surface area contributed by atoms with Crippen LogP contribution in [0.1, 0.15) is 10.4 Å². The normalized spacial score (nSPS) is 10.0. The van der Waals surface area contributed by atoms with Gasteiger partial charge in [-0.05, 0) is 42.5 Å². The summed E-state index contributed by atoms with van der Waals surface area (Å²) in [5.41, 5.74) is 0.643. The van der Waals surface area contributed by atoms with E-state index in [1.807, 2.05) is 0 Å². The lowest BCUT2D eigenvalue weighted by Crippen LogP contribution is -2.32. The Morgan fingerprint density at radius 2 is 1.80 bits per heavy atom. The molecule has 130 valence electrons. The predicted octanol–water partition coefficient (Wildman–Crippen LogP) is 2.50. The summed E-state index contributed by atoms with van der Waals surface area (Å²) < 4.78 is 18.6. The molecule has 8 heteroatoms. The maximum atomic E-state index is 13.0. The van der Waals surface area contributed by atoms with Crippen LogP contribution in [-0.4, -0.2) is 30.9 Å². The van der Waals surface area contributed by atoms with Crippen LogP contribution < -0.4 is 10.6 Å². The quantitative estimate of drug-likeness (QED) is 0.719. The summed E-state index contributed by atoms with van der Waals surface area (Å²) in [6.07, 6.45) is 0. The third-order valence-electron chi connectivity index (χ3n) is 2.97. The largest absolute Gasteiger partial charge is 0.454 e. The second-order valence-corrected chi connectivity index (χ2v) is 5.82. The monoisotopic (exact) mass is 408 g/mol. The first kappa shape index (κ1) is 18.6. The average molecular weight is 409 g/mol. The van der Waals surface area contributed by atoms with Crippen LogP contribution in [0.3, 0.4) is 0 Å². The average Bonchev–Trinajstić information content (AvgIpc) is 2.60.